The summed E-state index contributed by atoms with van der Waals surface area (Å²) in [6.07, 6.45) is 0. The van der Waals surface area contributed by atoms with Crippen LogP contribution >= 0.6 is 0 Å². The zero-order valence-electron chi connectivity index (χ0n) is 29.2. The smallest absolute Gasteiger partial charge is 0.0540 e. The van der Waals surface area contributed by atoms with E-state index in [4.69, 9.17) is 0 Å². The molecule has 0 spiro atoms. The Hall–Kier alpha value is -6.96. The number of nitrogens with zero attached hydrogens (tertiary/aromatic N) is 1. The fourth-order valence-electron chi connectivity index (χ4n) is 7.95. The van der Waals surface area contributed by atoms with E-state index in [1.165, 1.54) is 76.5 Å². The van der Waals surface area contributed by atoms with Gasteiger partial charge in [0.1, 0.15) is 0 Å². The zero-order chi connectivity index (χ0) is 35.1. The molecular formula is C52H35N. The maximum atomic E-state index is 2.41. The molecule has 1 nitrogen and oxygen atoms in total. The van der Waals surface area contributed by atoms with Gasteiger partial charge in [-0.2, -0.15) is 0 Å². The molecule has 0 amide bonds. The van der Waals surface area contributed by atoms with Crippen LogP contribution in [0.2, 0.25) is 0 Å². The topological polar surface area (TPSA) is 3.24 Å². The van der Waals surface area contributed by atoms with Crippen molar-refractivity contribution in [3.8, 4) is 33.4 Å². The molecule has 0 heterocycles. The fourth-order valence-corrected chi connectivity index (χ4v) is 7.95. The Balaban J connectivity index is 1.15. The molecule has 0 radical (unpaired) electrons. The number of rotatable bonds is 6. The Bertz CT molecular complexity index is 2940. The lowest BCUT2D eigenvalue weighted by Crippen LogP contribution is -2.11. The summed E-state index contributed by atoms with van der Waals surface area (Å²) in [6.45, 7) is 0. The largest absolute Gasteiger partial charge is 0.310 e. The molecule has 0 aliphatic carbocycles. The van der Waals surface area contributed by atoms with Crippen LogP contribution in [0.1, 0.15) is 0 Å². The van der Waals surface area contributed by atoms with Crippen molar-refractivity contribution in [3.05, 3.63) is 212 Å². The molecule has 0 unspecified atom stereocenters. The lowest BCUT2D eigenvalue weighted by atomic mass is 9.95. The number of benzene rings is 10. The van der Waals surface area contributed by atoms with Crippen molar-refractivity contribution in [3.63, 3.8) is 0 Å². The summed E-state index contributed by atoms with van der Waals surface area (Å²) in [5.74, 6) is 0. The van der Waals surface area contributed by atoms with Gasteiger partial charge in [0, 0.05) is 16.9 Å². The Morgan fingerprint density at radius 2 is 0.717 bits per heavy atom. The van der Waals surface area contributed by atoms with Crippen LogP contribution in [-0.4, -0.2) is 0 Å². The van der Waals surface area contributed by atoms with Crippen molar-refractivity contribution in [2.75, 3.05) is 4.90 Å². The lowest BCUT2D eigenvalue weighted by Gasteiger charge is -2.28. The summed E-state index contributed by atoms with van der Waals surface area (Å²) in [4.78, 5) is 2.41. The van der Waals surface area contributed by atoms with Crippen LogP contribution in [0.15, 0.2) is 212 Å². The molecule has 10 rings (SSSR count). The summed E-state index contributed by atoms with van der Waals surface area (Å²) in [7, 11) is 0. The first-order valence-corrected chi connectivity index (χ1v) is 18.3. The highest BCUT2D eigenvalue weighted by Crippen LogP contribution is 2.43. The lowest BCUT2D eigenvalue weighted by molar-refractivity contribution is 1.28. The van der Waals surface area contributed by atoms with Crippen molar-refractivity contribution in [2.24, 2.45) is 0 Å². The average molecular weight is 674 g/mol. The molecule has 0 aromatic heterocycles. The molecule has 0 fully saturated rings. The van der Waals surface area contributed by atoms with Gasteiger partial charge in [-0.15, -0.1) is 0 Å². The maximum Gasteiger partial charge on any atom is 0.0540 e. The minimum Gasteiger partial charge on any atom is -0.310 e. The van der Waals surface area contributed by atoms with Crippen LogP contribution < -0.4 is 4.90 Å². The van der Waals surface area contributed by atoms with Crippen molar-refractivity contribution in [1.82, 2.24) is 0 Å². The van der Waals surface area contributed by atoms with Gasteiger partial charge in [0.05, 0.1) is 5.69 Å². The van der Waals surface area contributed by atoms with Gasteiger partial charge < -0.3 is 4.90 Å². The predicted molar refractivity (Wildman–Crippen MR) is 227 cm³/mol. The van der Waals surface area contributed by atoms with E-state index in [9.17, 15) is 0 Å². The summed E-state index contributed by atoms with van der Waals surface area (Å²) < 4.78 is 0. The number of hydrogen-bond acceptors (Lipinski definition) is 1. The van der Waals surface area contributed by atoms with Gasteiger partial charge in [0.25, 0.3) is 0 Å². The van der Waals surface area contributed by atoms with Crippen molar-refractivity contribution >= 4 is 60.2 Å². The highest BCUT2D eigenvalue weighted by molar-refractivity contribution is 6.10. The second kappa shape index (κ2) is 13.0. The minimum atomic E-state index is 1.10. The molecule has 0 aliphatic rings. The standard InChI is InChI=1S/C52H35N/c1-2-11-36(12-3-1)37-29-31-45(32-30-37)53(46-16-10-15-42(33-46)43-27-25-40-23-21-38-13-4-6-17-47(38)50(40)34-43)52-20-9-8-19-49(52)44-28-26-41-24-22-39-14-5-7-18-48(39)51(41)35-44/h1-35H. The first-order chi connectivity index (χ1) is 26.3. The van der Waals surface area contributed by atoms with E-state index in [1.54, 1.807) is 0 Å². The van der Waals surface area contributed by atoms with Crippen LogP contribution in [0.5, 0.6) is 0 Å². The monoisotopic (exact) mass is 673 g/mol. The molecular weight excluding hydrogens is 639 g/mol. The molecule has 0 bridgehead atoms. The van der Waals surface area contributed by atoms with E-state index >= 15 is 0 Å². The minimum absolute atomic E-state index is 1.10. The molecule has 10 aromatic rings. The first-order valence-electron chi connectivity index (χ1n) is 18.3. The van der Waals surface area contributed by atoms with E-state index in [0.29, 0.717) is 0 Å². The molecule has 0 atom stereocenters. The van der Waals surface area contributed by atoms with E-state index in [0.717, 1.165) is 17.1 Å². The molecule has 0 saturated heterocycles. The summed E-state index contributed by atoms with van der Waals surface area (Å²) in [6, 6.07) is 77.3. The number of anilines is 3. The van der Waals surface area contributed by atoms with E-state index in [2.05, 4.69) is 217 Å². The first kappa shape index (κ1) is 30.8. The predicted octanol–water partition coefficient (Wildman–Crippen LogP) is 14.8. The molecule has 0 N–H and O–H groups in total. The summed E-state index contributed by atoms with van der Waals surface area (Å²) >= 11 is 0. The van der Waals surface area contributed by atoms with Gasteiger partial charge in [-0.3, -0.25) is 0 Å². The number of hydrogen-bond donors (Lipinski definition) is 0. The third kappa shape index (κ3) is 5.60. The van der Waals surface area contributed by atoms with Gasteiger partial charge in [-0.25, -0.2) is 0 Å². The number of fused-ring (bicyclic) bond motifs is 6. The number of para-hydroxylation sites is 1. The highest BCUT2D eigenvalue weighted by Gasteiger charge is 2.19. The van der Waals surface area contributed by atoms with Crippen molar-refractivity contribution in [2.45, 2.75) is 0 Å². The third-order valence-electron chi connectivity index (χ3n) is 10.6. The average Bonchev–Trinajstić information content (AvgIpc) is 3.24. The molecule has 248 valence electrons. The van der Waals surface area contributed by atoms with Crippen LogP contribution in [0.25, 0.3) is 76.5 Å². The van der Waals surface area contributed by atoms with Gasteiger partial charge >= 0.3 is 0 Å². The third-order valence-corrected chi connectivity index (χ3v) is 10.6. The summed E-state index contributed by atoms with van der Waals surface area (Å²) in [5, 5.41) is 10.1. The Morgan fingerprint density at radius 1 is 0.245 bits per heavy atom. The Kier molecular flexibility index (Phi) is 7.55. The molecule has 0 aliphatic heterocycles. The summed E-state index contributed by atoms with van der Waals surface area (Å²) in [5.41, 5.74) is 10.5. The van der Waals surface area contributed by atoms with Crippen LogP contribution in [0.3, 0.4) is 0 Å². The molecule has 10 aromatic carbocycles. The normalized spacial score (nSPS) is 11.4. The fraction of sp³-hybridized carbons (Fsp3) is 0. The van der Waals surface area contributed by atoms with Gasteiger partial charge in [-0.1, -0.05) is 170 Å². The van der Waals surface area contributed by atoms with Gasteiger partial charge in [0.15, 0.2) is 0 Å². The van der Waals surface area contributed by atoms with E-state index < -0.39 is 0 Å². The SMILES string of the molecule is c1ccc(-c2ccc(N(c3cccc(-c4ccc5ccc6ccccc6c5c4)c3)c3ccccc3-c3ccc4ccc5ccccc5c4c3)cc2)cc1. The second-order valence-electron chi connectivity index (χ2n) is 13.8. The van der Waals surface area contributed by atoms with E-state index in [-0.39, 0.29) is 0 Å². The maximum absolute atomic E-state index is 2.41. The zero-order valence-corrected chi connectivity index (χ0v) is 29.2. The van der Waals surface area contributed by atoms with Crippen LogP contribution in [-0.2, 0) is 0 Å². The highest BCUT2D eigenvalue weighted by atomic mass is 15.1. The molecule has 0 saturated carbocycles. The van der Waals surface area contributed by atoms with Crippen molar-refractivity contribution in [1.29, 1.82) is 0 Å². The van der Waals surface area contributed by atoms with Gasteiger partial charge in [0.2, 0.25) is 0 Å². The van der Waals surface area contributed by atoms with Crippen LogP contribution in [0, 0.1) is 0 Å². The molecule has 1 heteroatoms. The van der Waals surface area contributed by atoms with Gasteiger partial charge in [-0.05, 0) is 113 Å². The van der Waals surface area contributed by atoms with Crippen molar-refractivity contribution < 1.29 is 0 Å². The quantitative estimate of drug-likeness (QED) is 0.159. The Labute approximate surface area is 309 Å². The van der Waals surface area contributed by atoms with Crippen LogP contribution in [0.4, 0.5) is 17.1 Å². The Morgan fingerprint density at radius 3 is 1.42 bits per heavy atom. The van der Waals surface area contributed by atoms with E-state index in [1.807, 2.05) is 0 Å². The molecule has 53 heavy (non-hydrogen) atoms. The second-order valence-corrected chi connectivity index (χ2v) is 13.8.